The Labute approximate surface area is 144 Å². The van der Waals surface area contributed by atoms with Gasteiger partial charge < -0.3 is 9.47 Å². The van der Waals surface area contributed by atoms with Gasteiger partial charge in [-0.15, -0.1) is 0 Å². The third-order valence-corrected chi connectivity index (χ3v) is 4.53. The van der Waals surface area contributed by atoms with Crippen molar-refractivity contribution in [3.8, 4) is 0 Å². The molecule has 24 heavy (non-hydrogen) atoms. The Bertz CT molecular complexity index is 704. The molecule has 2 rings (SSSR count). The molecule has 3 heteroatoms. The van der Waals surface area contributed by atoms with Crippen molar-refractivity contribution in [1.29, 1.82) is 0 Å². The van der Waals surface area contributed by atoms with Gasteiger partial charge in [-0.05, 0) is 48.1 Å². The van der Waals surface area contributed by atoms with Crippen LogP contribution in [0.4, 0.5) is 0 Å². The van der Waals surface area contributed by atoms with Crippen LogP contribution in [0, 0.1) is 13.8 Å². The number of methoxy groups -OCH3 is 2. The molecule has 128 valence electrons. The molecule has 0 heterocycles. The number of carbonyl (C=O) groups excluding carboxylic acids is 1. The SMILES string of the molecule is COCc1cccc(CCC(=O)c2cccc(COC)c2C)c1C. The predicted molar refractivity (Wildman–Crippen MR) is 96.4 cm³/mol. The van der Waals surface area contributed by atoms with E-state index in [0.29, 0.717) is 19.6 Å². The zero-order valence-electron chi connectivity index (χ0n) is 15.0. The highest BCUT2D eigenvalue weighted by atomic mass is 16.5. The van der Waals surface area contributed by atoms with Crippen molar-refractivity contribution in [2.45, 2.75) is 39.9 Å². The number of hydrogen-bond acceptors (Lipinski definition) is 3. The normalized spacial score (nSPS) is 10.8. The van der Waals surface area contributed by atoms with E-state index in [-0.39, 0.29) is 5.78 Å². The first-order valence-corrected chi connectivity index (χ1v) is 8.25. The maximum absolute atomic E-state index is 12.7. The number of rotatable bonds is 8. The summed E-state index contributed by atoms with van der Waals surface area (Å²) in [5, 5.41) is 0. The molecule has 0 saturated carbocycles. The van der Waals surface area contributed by atoms with E-state index < -0.39 is 0 Å². The van der Waals surface area contributed by atoms with Crippen LogP contribution >= 0.6 is 0 Å². The van der Waals surface area contributed by atoms with Gasteiger partial charge in [0.25, 0.3) is 0 Å². The second-order valence-electron chi connectivity index (χ2n) is 6.08. The first kappa shape index (κ1) is 18.4. The molecule has 0 radical (unpaired) electrons. The monoisotopic (exact) mass is 326 g/mol. The zero-order chi connectivity index (χ0) is 17.5. The lowest BCUT2D eigenvalue weighted by Gasteiger charge is -2.12. The van der Waals surface area contributed by atoms with E-state index in [4.69, 9.17) is 9.47 Å². The van der Waals surface area contributed by atoms with Crippen LogP contribution in [0.2, 0.25) is 0 Å². The van der Waals surface area contributed by atoms with Crippen LogP contribution in [0.15, 0.2) is 36.4 Å². The molecular formula is C21H26O3. The number of hydrogen-bond donors (Lipinski definition) is 0. The van der Waals surface area contributed by atoms with Crippen molar-refractivity contribution in [3.63, 3.8) is 0 Å². The van der Waals surface area contributed by atoms with Crippen LogP contribution in [0.1, 0.15) is 44.6 Å². The molecule has 0 aliphatic heterocycles. The molecule has 0 atom stereocenters. The summed E-state index contributed by atoms with van der Waals surface area (Å²) < 4.78 is 10.4. The fourth-order valence-corrected chi connectivity index (χ4v) is 3.00. The third kappa shape index (κ3) is 4.31. The second kappa shape index (κ2) is 8.76. The van der Waals surface area contributed by atoms with Crippen molar-refractivity contribution in [2.75, 3.05) is 14.2 Å². The summed E-state index contributed by atoms with van der Waals surface area (Å²) in [6, 6.07) is 12.0. The first-order chi connectivity index (χ1) is 11.6. The lowest BCUT2D eigenvalue weighted by atomic mass is 9.94. The zero-order valence-corrected chi connectivity index (χ0v) is 15.0. The molecule has 0 aromatic heterocycles. The number of ketones is 1. The molecular weight excluding hydrogens is 300 g/mol. The minimum atomic E-state index is 0.182. The fourth-order valence-electron chi connectivity index (χ4n) is 3.00. The fraction of sp³-hybridized carbons (Fsp3) is 0.381. The molecule has 2 aromatic carbocycles. The van der Waals surface area contributed by atoms with E-state index >= 15 is 0 Å². The van der Waals surface area contributed by atoms with E-state index in [0.717, 1.165) is 23.1 Å². The summed E-state index contributed by atoms with van der Waals surface area (Å²) in [5.74, 6) is 0.182. The van der Waals surface area contributed by atoms with E-state index in [9.17, 15) is 4.79 Å². The van der Waals surface area contributed by atoms with Crippen LogP contribution < -0.4 is 0 Å². The molecule has 0 unspecified atom stereocenters. The highest BCUT2D eigenvalue weighted by molar-refractivity contribution is 5.97. The maximum atomic E-state index is 12.7. The number of ether oxygens (including phenoxy) is 2. The average molecular weight is 326 g/mol. The summed E-state index contributed by atoms with van der Waals surface area (Å²) in [7, 11) is 3.37. The largest absolute Gasteiger partial charge is 0.380 e. The molecule has 0 aliphatic carbocycles. The molecule has 3 nitrogen and oxygen atoms in total. The predicted octanol–water partition coefficient (Wildman–Crippen LogP) is 4.41. The van der Waals surface area contributed by atoms with E-state index in [2.05, 4.69) is 19.1 Å². The average Bonchev–Trinajstić information content (AvgIpc) is 2.57. The van der Waals surface area contributed by atoms with Gasteiger partial charge in [0, 0.05) is 26.2 Å². The van der Waals surface area contributed by atoms with E-state index in [1.165, 1.54) is 16.7 Å². The first-order valence-electron chi connectivity index (χ1n) is 8.25. The summed E-state index contributed by atoms with van der Waals surface area (Å²) in [6.07, 6.45) is 1.25. The number of carbonyl (C=O) groups is 1. The van der Waals surface area contributed by atoms with Gasteiger partial charge in [-0.2, -0.15) is 0 Å². The minimum Gasteiger partial charge on any atom is -0.380 e. The number of Topliss-reactive ketones (excluding diaryl/α,β-unsaturated/α-hetero) is 1. The van der Waals surface area contributed by atoms with Crippen molar-refractivity contribution >= 4 is 5.78 Å². The standard InChI is InChI=1S/C21H26O3/c1-15-17(7-5-8-18(15)13-23-3)11-12-21(22)20-10-6-9-19(14-24-4)16(20)2/h5-10H,11-14H2,1-4H3. The Balaban J connectivity index is 2.12. The molecule has 0 aliphatic rings. The Morgan fingerprint density at radius 3 is 2.00 bits per heavy atom. The van der Waals surface area contributed by atoms with Crippen molar-refractivity contribution in [3.05, 3.63) is 69.8 Å². The summed E-state index contributed by atoms with van der Waals surface area (Å²) >= 11 is 0. The Morgan fingerprint density at radius 1 is 0.833 bits per heavy atom. The smallest absolute Gasteiger partial charge is 0.163 e. The van der Waals surface area contributed by atoms with Gasteiger partial charge in [-0.1, -0.05) is 36.4 Å². The molecule has 0 saturated heterocycles. The van der Waals surface area contributed by atoms with E-state index in [1.54, 1.807) is 14.2 Å². The van der Waals surface area contributed by atoms with Gasteiger partial charge >= 0.3 is 0 Å². The van der Waals surface area contributed by atoms with Gasteiger partial charge in [-0.25, -0.2) is 0 Å². The Hall–Kier alpha value is -1.97. The van der Waals surface area contributed by atoms with Crippen molar-refractivity contribution < 1.29 is 14.3 Å². The van der Waals surface area contributed by atoms with Crippen LogP contribution in [0.25, 0.3) is 0 Å². The van der Waals surface area contributed by atoms with Crippen molar-refractivity contribution in [1.82, 2.24) is 0 Å². The molecule has 0 amide bonds. The topological polar surface area (TPSA) is 35.5 Å². The van der Waals surface area contributed by atoms with Gasteiger partial charge in [0.1, 0.15) is 0 Å². The molecule has 2 aromatic rings. The quantitative estimate of drug-likeness (QED) is 0.674. The van der Waals surface area contributed by atoms with Crippen LogP contribution in [0.5, 0.6) is 0 Å². The lowest BCUT2D eigenvalue weighted by molar-refractivity contribution is 0.0982. The van der Waals surface area contributed by atoms with Crippen LogP contribution in [0.3, 0.4) is 0 Å². The van der Waals surface area contributed by atoms with Crippen molar-refractivity contribution in [2.24, 2.45) is 0 Å². The molecule has 0 fully saturated rings. The highest BCUT2D eigenvalue weighted by Crippen LogP contribution is 2.20. The lowest BCUT2D eigenvalue weighted by Crippen LogP contribution is -2.07. The Kier molecular flexibility index (Phi) is 6.71. The number of aryl methyl sites for hydroxylation is 1. The second-order valence-corrected chi connectivity index (χ2v) is 6.08. The third-order valence-electron chi connectivity index (χ3n) is 4.53. The number of benzene rings is 2. The highest BCUT2D eigenvalue weighted by Gasteiger charge is 2.13. The van der Waals surface area contributed by atoms with Gasteiger partial charge in [-0.3, -0.25) is 4.79 Å². The summed E-state index contributed by atoms with van der Waals surface area (Å²) in [5.41, 5.74) is 6.51. The van der Waals surface area contributed by atoms with Crippen LogP contribution in [-0.4, -0.2) is 20.0 Å². The summed E-state index contributed by atoms with van der Waals surface area (Å²) in [4.78, 5) is 12.7. The minimum absolute atomic E-state index is 0.182. The van der Waals surface area contributed by atoms with Gasteiger partial charge in [0.15, 0.2) is 5.78 Å². The Morgan fingerprint density at radius 2 is 1.38 bits per heavy atom. The summed E-state index contributed by atoms with van der Waals surface area (Å²) in [6.45, 7) is 5.22. The molecule has 0 spiro atoms. The van der Waals surface area contributed by atoms with Crippen LogP contribution in [-0.2, 0) is 29.1 Å². The van der Waals surface area contributed by atoms with Gasteiger partial charge in [0.05, 0.1) is 13.2 Å². The maximum Gasteiger partial charge on any atom is 0.163 e. The van der Waals surface area contributed by atoms with Gasteiger partial charge in [0.2, 0.25) is 0 Å². The molecule has 0 bridgehead atoms. The molecule has 0 N–H and O–H groups in total. The van der Waals surface area contributed by atoms with E-state index in [1.807, 2.05) is 31.2 Å².